The van der Waals surface area contributed by atoms with Gasteiger partial charge in [0, 0.05) is 19.6 Å². The average Bonchev–Trinajstić information content (AvgIpc) is 2.44. The van der Waals surface area contributed by atoms with Gasteiger partial charge >= 0.3 is 0 Å². The predicted octanol–water partition coefficient (Wildman–Crippen LogP) is 0.117. The number of hydrogen-bond acceptors (Lipinski definition) is 6. The molecule has 0 atom stereocenters. The van der Waals surface area contributed by atoms with E-state index in [0.29, 0.717) is 25.4 Å². The summed E-state index contributed by atoms with van der Waals surface area (Å²) in [5.74, 6) is 0. The Labute approximate surface area is 123 Å². The molecule has 2 rings (SSSR count). The summed E-state index contributed by atoms with van der Waals surface area (Å²) in [7, 11) is 3.89. The molecular weight excluding hydrogens is 282 g/mol. The summed E-state index contributed by atoms with van der Waals surface area (Å²) in [5.41, 5.74) is 3.39. The number of hydrazine groups is 1. The van der Waals surface area contributed by atoms with Crippen molar-refractivity contribution in [3.05, 3.63) is 21.6 Å². The molecule has 1 aliphatic rings. The topological polar surface area (TPSA) is 62.6 Å². The molecule has 1 aliphatic heterocycles. The SMILES string of the molecule is CN(C)CCn1ncc(NN2CCOCC2)c(Cl)c1=O. The number of ether oxygens (including phenoxy) is 1. The number of likely N-dealkylation sites (N-methyl/N-ethyl adjacent to an activating group) is 1. The second-order valence-electron chi connectivity index (χ2n) is 4.92. The monoisotopic (exact) mass is 301 g/mol. The largest absolute Gasteiger partial charge is 0.379 e. The maximum absolute atomic E-state index is 12.1. The van der Waals surface area contributed by atoms with Crippen LogP contribution in [0.25, 0.3) is 0 Å². The first kappa shape index (κ1) is 15.2. The lowest BCUT2D eigenvalue weighted by Crippen LogP contribution is -2.41. The number of anilines is 1. The molecule has 0 radical (unpaired) electrons. The van der Waals surface area contributed by atoms with E-state index in [-0.39, 0.29) is 10.6 Å². The summed E-state index contributed by atoms with van der Waals surface area (Å²) < 4.78 is 6.65. The smallest absolute Gasteiger partial charge is 0.287 e. The van der Waals surface area contributed by atoms with Crippen molar-refractivity contribution < 1.29 is 4.74 Å². The minimum atomic E-state index is -0.272. The van der Waals surface area contributed by atoms with Crippen LogP contribution in [-0.4, -0.2) is 66.6 Å². The summed E-state index contributed by atoms with van der Waals surface area (Å²) in [6.07, 6.45) is 1.59. The molecule has 1 saturated heterocycles. The molecule has 1 aromatic heterocycles. The Morgan fingerprint density at radius 3 is 2.80 bits per heavy atom. The third kappa shape index (κ3) is 3.92. The van der Waals surface area contributed by atoms with Crippen molar-refractivity contribution >= 4 is 17.3 Å². The van der Waals surface area contributed by atoms with Crippen molar-refractivity contribution in [2.45, 2.75) is 6.54 Å². The maximum atomic E-state index is 12.1. The summed E-state index contributed by atoms with van der Waals surface area (Å²) in [6.45, 7) is 4.08. The van der Waals surface area contributed by atoms with Crippen LogP contribution in [0.1, 0.15) is 0 Å². The van der Waals surface area contributed by atoms with Gasteiger partial charge < -0.3 is 15.1 Å². The molecular formula is C12H20ClN5O2. The molecule has 0 amide bonds. The number of aromatic nitrogens is 2. The third-order valence-electron chi connectivity index (χ3n) is 3.03. The van der Waals surface area contributed by atoms with E-state index in [2.05, 4.69) is 10.5 Å². The molecule has 1 aromatic rings. The average molecular weight is 302 g/mol. The van der Waals surface area contributed by atoms with Gasteiger partial charge in [0.1, 0.15) is 5.02 Å². The predicted molar refractivity (Wildman–Crippen MR) is 78.1 cm³/mol. The minimum absolute atomic E-state index is 0.172. The zero-order valence-electron chi connectivity index (χ0n) is 11.8. The molecule has 0 saturated carbocycles. The van der Waals surface area contributed by atoms with Gasteiger partial charge in [0.25, 0.3) is 5.56 Å². The van der Waals surface area contributed by atoms with E-state index in [1.165, 1.54) is 4.68 Å². The first-order chi connectivity index (χ1) is 9.58. The normalized spacial score (nSPS) is 16.6. The zero-order chi connectivity index (χ0) is 14.5. The molecule has 2 heterocycles. The van der Waals surface area contributed by atoms with Gasteiger partial charge in [0.2, 0.25) is 0 Å². The number of hydrogen-bond donors (Lipinski definition) is 1. The van der Waals surface area contributed by atoms with Gasteiger partial charge in [-0.15, -0.1) is 0 Å². The van der Waals surface area contributed by atoms with E-state index in [1.54, 1.807) is 6.20 Å². The van der Waals surface area contributed by atoms with Crippen LogP contribution in [0.5, 0.6) is 0 Å². The molecule has 8 heteroatoms. The third-order valence-corrected chi connectivity index (χ3v) is 3.40. The Bertz CT molecular complexity index is 499. The van der Waals surface area contributed by atoms with Gasteiger partial charge in [-0.05, 0) is 14.1 Å². The number of nitrogens with zero attached hydrogens (tertiary/aromatic N) is 4. The van der Waals surface area contributed by atoms with Crippen LogP contribution in [0.15, 0.2) is 11.0 Å². The number of halogens is 1. The lowest BCUT2D eigenvalue weighted by Gasteiger charge is -2.28. The fourth-order valence-electron chi connectivity index (χ4n) is 1.84. The second-order valence-corrected chi connectivity index (χ2v) is 5.29. The zero-order valence-corrected chi connectivity index (χ0v) is 12.6. The van der Waals surface area contributed by atoms with E-state index >= 15 is 0 Å². The molecule has 0 unspecified atom stereocenters. The van der Waals surface area contributed by atoms with Gasteiger partial charge in [0.05, 0.1) is 31.6 Å². The first-order valence-corrected chi connectivity index (χ1v) is 6.95. The first-order valence-electron chi connectivity index (χ1n) is 6.57. The minimum Gasteiger partial charge on any atom is -0.379 e. The van der Waals surface area contributed by atoms with Crippen LogP contribution in [0.2, 0.25) is 5.02 Å². The molecule has 20 heavy (non-hydrogen) atoms. The fraction of sp³-hybridized carbons (Fsp3) is 0.667. The lowest BCUT2D eigenvalue weighted by atomic mass is 10.4. The molecule has 0 bridgehead atoms. The van der Waals surface area contributed by atoms with E-state index in [9.17, 15) is 4.79 Å². The van der Waals surface area contributed by atoms with E-state index in [1.807, 2.05) is 24.0 Å². The van der Waals surface area contributed by atoms with Crippen molar-refractivity contribution in [2.75, 3.05) is 52.4 Å². The Kier molecular flexibility index (Phi) is 5.36. The van der Waals surface area contributed by atoms with E-state index in [0.717, 1.165) is 19.6 Å². The van der Waals surface area contributed by atoms with Crippen molar-refractivity contribution in [1.82, 2.24) is 19.7 Å². The number of nitrogens with one attached hydrogen (secondary N) is 1. The Hall–Kier alpha value is -1.15. The molecule has 112 valence electrons. The molecule has 0 aliphatic carbocycles. The van der Waals surface area contributed by atoms with Crippen molar-refractivity contribution in [1.29, 1.82) is 0 Å². The number of morpholine rings is 1. The highest BCUT2D eigenvalue weighted by Crippen LogP contribution is 2.16. The Balaban J connectivity index is 2.07. The van der Waals surface area contributed by atoms with Crippen molar-refractivity contribution in [3.8, 4) is 0 Å². The van der Waals surface area contributed by atoms with Gasteiger partial charge in [-0.2, -0.15) is 5.10 Å². The Morgan fingerprint density at radius 1 is 1.45 bits per heavy atom. The fourth-order valence-corrected chi connectivity index (χ4v) is 2.03. The van der Waals surface area contributed by atoms with Crippen LogP contribution >= 0.6 is 11.6 Å². The summed E-state index contributed by atoms with van der Waals surface area (Å²) in [6, 6.07) is 0. The van der Waals surface area contributed by atoms with Gasteiger partial charge in [-0.1, -0.05) is 11.6 Å². The summed E-state index contributed by atoms with van der Waals surface area (Å²) >= 11 is 6.13. The number of rotatable bonds is 5. The highest BCUT2D eigenvalue weighted by atomic mass is 35.5. The van der Waals surface area contributed by atoms with Crippen LogP contribution in [0.3, 0.4) is 0 Å². The molecule has 0 spiro atoms. The van der Waals surface area contributed by atoms with Crippen LogP contribution in [-0.2, 0) is 11.3 Å². The van der Waals surface area contributed by atoms with Crippen molar-refractivity contribution in [2.24, 2.45) is 0 Å². The molecule has 1 N–H and O–H groups in total. The molecule has 7 nitrogen and oxygen atoms in total. The van der Waals surface area contributed by atoms with Crippen molar-refractivity contribution in [3.63, 3.8) is 0 Å². The Morgan fingerprint density at radius 2 is 2.15 bits per heavy atom. The van der Waals surface area contributed by atoms with Crippen LogP contribution in [0.4, 0.5) is 5.69 Å². The van der Waals surface area contributed by atoms with Gasteiger partial charge in [-0.3, -0.25) is 4.79 Å². The quantitative estimate of drug-likeness (QED) is 0.833. The summed E-state index contributed by atoms with van der Waals surface area (Å²) in [5, 5.41) is 6.29. The summed E-state index contributed by atoms with van der Waals surface area (Å²) in [4.78, 5) is 14.1. The lowest BCUT2D eigenvalue weighted by molar-refractivity contribution is 0.0496. The standard InChI is InChI=1S/C12H20ClN5O2/c1-16(2)3-4-18-12(19)11(13)10(9-14-18)15-17-5-7-20-8-6-17/h9,15H,3-8H2,1-2H3. The molecule has 1 fully saturated rings. The highest BCUT2D eigenvalue weighted by molar-refractivity contribution is 6.32. The van der Waals surface area contributed by atoms with Crippen LogP contribution in [0, 0.1) is 0 Å². The van der Waals surface area contributed by atoms with E-state index in [4.69, 9.17) is 16.3 Å². The van der Waals surface area contributed by atoms with Gasteiger partial charge in [0.15, 0.2) is 0 Å². The maximum Gasteiger partial charge on any atom is 0.287 e. The van der Waals surface area contributed by atoms with Crippen LogP contribution < -0.4 is 11.0 Å². The highest BCUT2D eigenvalue weighted by Gasteiger charge is 2.14. The second kappa shape index (κ2) is 7.03. The van der Waals surface area contributed by atoms with E-state index < -0.39 is 0 Å². The van der Waals surface area contributed by atoms with Gasteiger partial charge in [-0.25, -0.2) is 9.69 Å². The molecule has 0 aromatic carbocycles.